The molecule has 1 amide bonds. The number of amides is 1. The van der Waals surface area contributed by atoms with Crippen molar-refractivity contribution in [3.05, 3.63) is 23.3 Å². The van der Waals surface area contributed by atoms with Crippen LogP contribution < -0.4 is 9.47 Å². The Hall–Kier alpha value is -1.37. The van der Waals surface area contributed by atoms with E-state index in [2.05, 4.69) is 0 Å². The summed E-state index contributed by atoms with van der Waals surface area (Å²) in [6, 6.07) is 3.46. The predicted octanol–water partition coefficient (Wildman–Crippen LogP) is 3.49. The highest BCUT2D eigenvalue weighted by atomic mass is 35.5. The Morgan fingerprint density at radius 2 is 1.93 bits per heavy atom. The quantitative estimate of drug-likeness (QED) is 0.507. The minimum Gasteiger partial charge on any atom is -0.493 e. The van der Waals surface area contributed by atoms with Crippen LogP contribution in [0.5, 0.6) is 11.5 Å². The van der Waals surface area contributed by atoms with E-state index < -0.39 is 27.5 Å². The van der Waals surface area contributed by atoms with Gasteiger partial charge in [-0.3, -0.25) is 9.59 Å². The van der Waals surface area contributed by atoms with Gasteiger partial charge in [-0.15, -0.1) is 11.6 Å². The number of rotatable bonds is 5. The third-order valence-electron chi connectivity index (χ3n) is 5.36. The van der Waals surface area contributed by atoms with Crippen LogP contribution in [-0.2, 0) is 20.7 Å². The molecule has 1 aromatic carbocycles. The van der Waals surface area contributed by atoms with Gasteiger partial charge < -0.3 is 19.1 Å². The second-order valence-electron chi connectivity index (χ2n) is 6.79. The molecule has 0 saturated carbocycles. The molecule has 6 nitrogen and oxygen atoms in total. The van der Waals surface area contributed by atoms with Gasteiger partial charge in [0.1, 0.15) is 5.38 Å². The van der Waals surface area contributed by atoms with Gasteiger partial charge in [0, 0.05) is 12.5 Å². The zero-order valence-corrected chi connectivity index (χ0v) is 18.1. The van der Waals surface area contributed by atoms with Gasteiger partial charge in [-0.25, -0.2) is 0 Å². The minimum absolute atomic E-state index is 0.176. The lowest BCUT2D eigenvalue weighted by molar-refractivity contribution is -0.147. The Labute approximate surface area is 178 Å². The van der Waals surface area contributed by atoms with Gasteiger partial charge in [0.2, 0.25) is 4.33 Å². The summed E-state index contributed by atoms with van der Waals surface area (Å²) < 4.78 is 14.0. The van der Waals surface area contributed by atoms with Crippen molar-refractivity contribution in [2.24, 2.45) is 5.92 Å². The molecule has 2 heterocycles. The molecule has 0 bridgehead atoms. The highest BCUT2D eigenvalue weighted by molar-refractivity contribution is 6.59. The molecule has 3 unspecified atom stereocenters. The van der Waals surface area contributed by atoms with E-state index in [0.29, 0.717) is 30.9 Å². The molecule has 3 atom stereocenters. The summed E-state index contributed by atoms with van der Waals surface area (Å²) in [6.45, 7) is 2.32. The number of ether oxygens (including phenoxy) is 3. The molecule has 2 aliphatic rings. The first-order valence-corrected chi connectivity index (χ1v) is 10.2. The molecule has 0 aliphatic carbocycles. The normalized spacial score (nSPS) is 24.1. The molecule has 9 heteroatoms. The number of halogens is 3. The van der Waals surface area contributed by atoms with Crippen LogP contribution in [-0.4, -0.2) is 53.9 Å². The minimum atomic E-state index is -1.80. The maximum absolute atomic E-state index is 13.1. The van der Waals surface area contributed by atoms with Crippen LogP contribution >= 0.6 is 34.8 Å². The summed E-state index contributed by atoms with van der Waals surface area (Å²) in [7, 11) is 3.13. The molecular formula is C19H22Cl3NO5. The molecule has 0 aromatic heterocycles. The predicted molar refractivity (Wildman–Crippen MR) is 107 cm³/mol. The standard InChI is InChI=1S/C19H22Cl3NO5/c1-4-28-17(24)16(20)12-9-13-11-8-15(27-3)14(26-2)7-10(11)5-6-23(13)18(25)19(12,21)22/h7-8,12-13,16H,4-6,9H2,1-3H3. The maximum Gasteiger partial charge on any atom is 0.324 e. The number of fused-ring (bicyclic) bond motifs is 3. The molecule has 28 heavy (non-hydrogen) atoms. The monoisotopic (exact) mass is 449 g/mol. The summed E-state index contributed by atoms with van der Waals surface area (Å²) in [5.74, 6) is -0.700. The van der Waals surface area contributed by atoms with Crippen LogP contribution in [0.4, 0.5) is 0 Å². The van der Waals surface area contributed by atoms with E-state index in [1.165, 1.54) is 0 Å². The van der Waals surface area contributed by atoms with E-state index in [1.54, 1.807) is 26.0 Å². The van der Waals surface area contributed by atoms with Crippen LogP contribution in [0.1, 0.15) is 30.5 Å². The first-order valence-electron chi connectivity index (χ1n) is 9.00. The Kier molecular flexibility index (Phi) is 6.23. The van der Waals surface area contributed by atoms with Gasteiger partial charge >= 0.3 is 5.97 Å². The number of alkyl halides is 3. The summed E-state index contributed by atoms with van der Waals surface area (Å²) in [6.07, 6.45) is 0.961. The first-order chi connectivity index (χ1) is 13.3. The van der Waals surface area contributed by atoms with Gasteiger partial charge in [-0.1, -0.05) is 23.2 Å². The molecule has 0 radical (unpaired) electrons. The lowest BCUT2D eigenvalue weighted by Gasteiger charge is -2.48. The number of benzene rings is 1. The summed E-state index contributed by atoms with van der Waals surface area (Å²) in [5.41, 5.74) is 1.96. The average Bonchev–Trinajstić information content (AvgIpc) is 2.68. The first kappa shape index (κ1) is 21.3. The second kappa shape index (κ2) is 8.17. The Balaban J connectivity index is 2.01. The van der Waals surface area contributed by atoms with Crippen molar-refractivity contribution in [2.45, 2.75) is 35.5 Å². The van der Waals surface area contributed by atoms with E-state index in [9.17, 15) is 9.59 Å². The van der Waals surface area contributed by atoms with E-state index in [-0.39, 0.29) is 12.6 Å². The molecule has 0 spiro atoms. The lowest BCUT2D eigenvalue weighted by Crippen LogP contribution is -2.58. The lowest BCUT2D eigenvalue weighted by atomic mass is 9.79. The summed E-state index contributed by atoms with van der Waals surface area (Å²) in [4.78, 5) is 26.9. The number of hydrogen-bond acceptors (Lipinski definition) is 5. The van der Waals surface area contributed by atoms with Gasteiger partial charge in [-0.05, 0) is 43.0 Å². The fourth-order valence-corrected chi connectivity index (χ4v) is 5.08. The van der Waals surface area contributed by atoms with Crippen molar-refractivity contribution in [1.29, 1.82) is 0 Å². The van der Waals surface area contributed by atoms with Crippen LogP contribution in [0.2, 0.25) is 0 Å². The molecule has 3 rings (SSSR count). The largest absolute Gasteiger partial charge is 0.493 e. The van der Waals surface area contributed by atoms with Crippen molar-refractivity contribution in [2.75, 3.05) is 27.4 Å². The highest BCUT2D eigenvalue weighted by Gasteiger charge is 2.56. The number of hydrogen-bond donors (Lipinski definition) is 0. The average molecular weight is 451 g/mol. The van der Waals surface area contributed by atoms with E-state index in [4.69, 9.17) is 49.0 Å². The Bertz CT molecular complexity index is 785. The number of carbonyl (C=O) groups is 2. The second-order valence-corrected chi connectivity index (χ2v) is 8.65. The molecule has 1 aromatic rings. The topological polar surface area (TPSA) is 65.1 Å². The van der Waals surface area contributed by atoms with Crippen LogP contribution in [0.3, 0.4) is 0 Å². The molecule has 1 fully saturated rings. The van der Waals surface area contributed by atoms with Crippen LogP contribution in [0, 0.1) is 5.92 Å². The van der Waals surface area contributed by atoms with Crippen LogP contribution in [0.25, 0.3) is 0 Å². The third kappa shape index (κ3) is 3.51. The number of carbonyl (C=O) groups excluding carboxylic acids is 2. The smallest absolute Gasteiger partial charge is 0.324 e. The number of nitrogens with zero attached hydrogens (tertiary/aromatic N) is 1. The van der Waals surface area contributed by atoms with Gasteiger partial charge in [0.25, 0.3) is 5.91 Å². The maximum atomic E-state index is 13.1. The van der Waals surface area contributed by atoms with Crippen molar-refractivity contribution in [1.82, 2.24) is 4.90 Å². The SMILES string of the molecule is CCOC(=O)C(Cl)C1CC2c3cc(OC)c(OC)cc3CCN2C(=O)C1(Cl)Cl. The van der Waals surface area contributed by atoms with Gasteiger partial charge in [0.15, 0.2) is 11.5 Å². The summed E-state index contributed by atoms with van der Waals surface area (Å²) >= 11 is 19.2. The van der Waals surface area contributed by atoms with Crippen molar-refractivity contribution < 1.29 is 23.8 Å². The molecule has 1 saturated heterocycles. The van der Waals surface area contributed by atoms with Crippen LogP contribution in [0.15, 0.2) is 12.1 Å². The van der Waals surface area contributed by atoms with Crippen molar-refractivity contribution in [3.63, 3.8) is 0 Å². The molecule has 0 N–H and O–H groups in total. The number of piperidine rings is 1. The van der Waals surface area contributed by atoms with Gasteiger partial charge in [-0.2, -0.15) is 0 Å². The zero-order chi connectivity index (χ0) is 20.6. The Morgan fingerprint density at radius 3 is 2.54 bits per heavy atom. The van der Waals surface area contributed by atoms with E-state index in [0.717, 1.165) is 11.1 Å². The van der Waals surface area contributed by atoms with E-state index >= 15 is 0 Å². The van der Waals surface area contributed by atoms with Crippen molar-refractivity contribution in [3.8, 4) is 11.5 Å². The van der Waals surface area contributed by atoms with Gasteiger partial charge in [0.05, 0.1) is 26.9 Å². The van der Waals surface area contributed by atoms with E-state index in [1.807, 2.05) is 12.1 Å². The fraction of sp³-hybridized carbons (Fsp3) is 0.579. The number of methoxy groups -OCH3 is 2. The molecule has 154 valence electrons. The fourth-order valence-electron chi connectivity index (χ4n) is 3.95. The zero-order valence-electron chi connectivity index (χ0n) is 15.8. The third-order valence-corrected chi connectivity index (χ3v) is 6.72. The Morgan fingerprint density at radius 1 is 1.29 bits per heavy atom. The highest BCUT2D eigenvalue weighted by Crippen LogP contribution is 2.51. The molecule has 2 aliphatic heterocycles. The number of esters is 1. The summed E-state index contributed by atoms with van der Waals surface area (Å²) in [5, 5.41) is -1.13. The molecular weight excluding hydrogens is 429 g/mol. The van der Waals surface area contributed by atoms with Crippen molar-refractivity contribution >= 4 is 46.7 Å².